The maximum absolute atomic E-state index is 14.1. The second-order valence-corrected chi connectivity index (χ2v) is 12.4. The highest BCUT2D eigenvalue weighted by Gasteiger charge is 2.35. The molecule has 4 bridgehead atoms. The molecule has 4 heterocycles. The molecule has 13 heteroatoms. The number of aliphatic carboxylic acids is 1. The highest BCUT2D eigenvalue weighted by atomic mass is 35.5. The summed E-state index contributed by atoms with van der Waals surface area (Å²) in [6.07, 6.45) is 2.30. The van der Waals surface area contributed by atoms with Crippen LogP contribution in [0.5, 0.6) is 11.5 Å². The van der Waals surface area contributed by atoms with Gasteiger partial charge in [-0.15, -0.1) is 0 Å². The molecule has 240 valence electrons. The number of nitrogens with one attached hydrogen (secondary N) is 1. The molecule has 1 atom stereocenters. The maximum atomic E-state index is 14.1. The van der Waals surface area contributed by atoms with E-state index in [1.807, 2.05) is 17.1 Å². The smallest absolute Gasteiger partial charge is 0.337 e. The number of benzene rings is 2. The average molecular weight is 650 g/mol. The van der Waals surface area contributed by atoms with Crippen molar-refractivity contribution in [3.05, 3.63) is 81.9 Å². The van der Waals surface area contributed by atoms with Crippen molar-refractivity contribution < 1.29 is 33.3 Å². The van der Waals surface area contributed by atoms with Crippen molar-refractivity contribution in [1.29, 1.82) is 0 Å². The van der Waals surface area contributed by atoms with Gasteiger partial charge in [0.2, 0.25) is 0 Å². The van der Waals surface area contributed by atoms with E-state index >= 15 is 0 Å². The van der Waals surface area contributed by atoms with Gasteiger partial charge >= 0.3 is 5.97 Å². The quantitative estimate of drug-likeness (QED) is 0.276. The van der Waals surface area contributed by atoms with Crippen LogP contribution in [-0.2, 0) is 16.1 Å². The average Bonchev–Trinajstić information content (AvgIpc) is 3.42. The molecular weight excluding hydrogens is 617 g/mol. The number of carboxylic acid groups (broad SMARTS) is 1. The summed E-state index contributed by atoms with van der Waals surface area (Å²) in [4.78, 5) is 32.9. The van der Waals surface area contributed by atoms with E-state index in [0.717, 1.165) is 0 Å². The molecule has 2 N–H and O–H groups in total. The fourth-order valence-corrected chi connectivity index (χ4v) is 5.95. The minimum Gasteiger partial charge on any atom is -0.490 e. The largest absolute Gasteiger partial charge is 0.490 e. The molecule has 2 aliphatic rings. The first-order valence-electron chi connectivity index (χ1n) is 14.8. The van der Waals surface area contributed by atoms with E-state index in [4.69, 9.17) is 25.8 Å². The van der Waals surface area contributed by atoms with Crippen LogP contribution in [-0.4, -0.2) is 63.5 Å². The lowest BCUT2D eigenvalue weighted by Crippen LogP contribution is -2.33. The minimum absolute atomic E-state index is 0.0292. The van der Waals surface area contributed by atoms with Gasteiger partial charge in [-0.3, -0.25) is 4.79 Å². The first-order valence-corrected chi connectivity index (χ1v) is 15.1. The first kappa shape index (κ1) is 31.3. The lowest BCUT2D eigenvalue weighted by Gasteiger charge is -2.32. The first-order chi connectivity index (χ1) is 21.9. The molecule has 6 rings (SSSR count). The third-order valence-corrected chi connectivity index (χ3v) is 7.97. The molecule has 1 amide bonds. The molecule has 0 spiro atoms. The predicted octanol–water partition coefficient (Wildman–Crippen LogP) is 5.52. The van der Waals surface area contributed by atoms with Crippen LogP contribution in [0.1, 0.15) is 54.2 Å². The van der Waals surface area contributed by atoms with E-state index in [1.165, 1.54) is 22.7 Å². The lowest BCUT2D eigenvalue weighted by atomic mass is 9.97. The van der Waals surface area contributed by atoms with E-state index < -0.39 is 29.4 Å². The van der Waals surface area contributed by atoms with Crippen LogP contribution in [0.15, 0.2) is 48.6 Å². The summed E-state index contributed by atoms with van der Waals surface area (Å²) >= 11 is 7.20. The van der Waals surface area contributed by atoms with Crippen LogP contribution >= 0.6 is 11.6 Å². The Morgan fingerprint density at radius 1 is 1.15 bits per heavy atom. The Morgan fingerprint density at radius 3 is 2.72 bits per heavy atom. The summed E-state index contributed by atoms with van der Waals surface area (Å²) in [6.45, 7) is 8.62. The van der Waals surface area contributed by atoms with Crippen LogP contribution in [0.4, 0.5) is 10.1 Å². The number of anilines is 1. The molecule has 0 fully saturated rings. The fourth-order valence-electron chi connectivity index (χ4n) is 5.59. The number of carbonyl (C=O) groups is 2. The highest BCUT2D eigenvalue weighted by molar-refractivity contribution is 6.36. The number of carbonyl (C=O) groups excluding carboxylic acids is 1. The molecule has 2 aromatic heterocycles. The topological polar surface area (TPSA) is 128 Å². The Balaban J connectivity index is 1.60. The van der Waals surface area contributed by atoms with Crippen LogP contribution in [0.25, 0.3) is 16.9 Å². The lowest BCUT2D eigenvalue weighted by molar-refractivity contribution is -0.160. The number of halogens is 2. The molecule has 0 unspecified atom stereocenters. The van der Waals surface area contributed by atoms with Crippen molar-refractivity contribution >= 4 is 34.8 Å². The summed E-state index contributed by atoms with van der Waals surface area (Å²) < 4.78 is 33.4. The number of nitrogens with zero attached hydrogens (tertiary/aromatic N) is 4. The summed E-state index contributed by atoms with van der Waals surface area (Å²) in [5.74, 6) is -1.35. The third-order valence-electron chi connectivity index (χ3n) is 7.59. The van der Waals surface area contributed by atoms with Gasteiger partial charge in [0.05, 0.1) is 28.5 Å². The van der Waals surface area contributed by atoms with E-state index in [-0.39, 0.29) is 24.4 Å². The van der Waals surface area contributed by atoms with Crippen LogP contribution in [0.3, 0.4) is 0 Å². The van der Waals surface area contributed by atoms with E-state index in [1.54, 1.807) is 45.9 Å². The molecule has 0 saturated heterocycles. The zero-order valence-corrected chi connectivity index (χ0v) is 26.5. The second-order valence-electron chi connectivity index (χ2n) is 12.0. The number of carboxylic acids is 1. The number of hydrogen-bond acceptors (Lipinski definition) is 8. The minimum atomic E-state index is -1.44. The van der Waals surface area contributed by atoms with E-state index in [2.05, 4.69) is 15.4 Å². The van der Waals surface area contributed by atoms with Gasteiger partial charge in [-0.1, -0.05) is 23.7 Å². The number of ether oxygens (including phenoxy) is 3. The van der Waals surface area contributed by atoms with Crippen LogP contribution in [0, 0.1) is 12.7 Å². The van der Waals surface area contributed by atoms with E-state index in [0.29, 0.717) is 70.1 Å². The van der Waals surface area contributed by atoms with Crippen molar-refractivity contribution in [2.45, 2.75) is 45.9 Å². The number of aromatic nitrogens is 3. The molecule has 11 nitrogen and oxygen atoms in total. The number of fused-ring (bicyclic) bond motifs is 4. The Labute approximate surface area is 269 Å². The van der Waals surface area contributed by atoms with Crippen LogP contribution < -0.4 is 19.7 Å². The Morgan fingerprint density at radius 2 is 1.96 bits per heavy atom. The summed E-state index contributed by atoms with van der Waals surface area (Å²) in [7, 11) is 0. The van der Waals surface area contributed by atoms with Gasteiger partial charge in [-0.05, 0) is 52.0 Å². The molecule has 0 saturated carbocycles. The van der Waals surface area contributed by atoms with Crippen LogP contribution in [0.2, 0.25) is 5.02 Å². The van der Waals surface area contributed by atoms with Gasteiger partial charge < -0.3 is 29.5 Å². The molecule has 2 aliphatic heterocycles. The standard InChI is InChI=1S/C33H33ClFN5O6/c1-18-26(30(32(42)43)46-33(2,3)4)28-21-9-10-23-29(27(21)34)39(12-14-45-23)11-5-6-13-44-24-15-20(35)8-7-19(24)17-36-31(41)22-16-25(37-18)40(28)38-22/h5-10,15-16,30H,11-14,17H2,1-4H3,(H,36,41)(H,42,43)/b6-5-/t30-/m0/s1. The van der Waals surface area contributed by atoms with Crippen molar-refractivity contribution in [3.8, 4) is 22.8 Å². The number of hydrogen-bond donors (Lipinski definition) is 2. The van der Waals surface area contributed by atoms with Gasteiger partial charge in [-0.2, -0.15) is 5.10 Å². The Hall–Kier alpha value is -4.68. The predicted molar refractivity (Wildman–Crippen MR) is 169 cm³/mol. The summed E-state index contributed by atoms with van der Waals surface area (Å²) in [5, 5.41) is 18.2. The fraction of sp³-hybridized carbons (Fsp3) is 0.333. The number of aryl methyl sites for hydroxylation is 1. The molecule has 2 aromatic carbocycles. The van der Waals surface area contributed by atoms with Crippen molar-refractivity contribution in [3.63, 3.8) is 0 Å². The molecule has 0 aliphatic carbocycles. The molecule has 0 radical (unpaired) electrons. The van der Waals surface area contributed by atoms with Gasteiger partial charge in [0.25, 0.3) is 5.91 Å². The van der Waals surface area contributed by atoms with Gasteiger partial charge in [0.15, 0.2) is 17.4 Å². The van der Waals surface area contributed by atoms with Crippen molar-refractivity contribution in [2.24, 2.45) is 0 Å². The Kier molecular flexibility index (Phi) is 8.34. The molecule has 4 aromatic rings. The maximum Gasteiger partial charge on any atom is 0.337 e. The SMILES string of the molecule is Cc1nc2cc3nn2c(c1[C@H](OC(C)(C)C)C(=O)O)-c1ccc2c(c1Cl)N(C/C=C\COc1cc(F)ccc1CNC3=O)CCO2. The monoisotopic (exact) mass is 649 g/mol. The zero-order chi connectivity index (χ0) is 32.7. The normalized spacial score (nSPS) is 16.5. The summed E-state index contributed by atoms with van der Waals surface area (Å²) in [5.41, 5.74) is 2.09. The van der Waals surface area contributed by atoms with Gasteiger partial charge in [0.1, 0.15) is 30.5 Å². The van der Waals surface area contributed by atoms with Gasteiger partial charge in [-0.25, -0.2) is 18.7 Å². The number of rotatable bonds is 3. The van der Waals surface area contributed by atoms with Crippen molar-refractivity contribution in [1.82, 2.24) is 19.9 Å². The second kappa shape index (κ2) is 12.3. The molecular formula is C33H33ClFN5O6. The van der Waals surface area contributed by atoms with Gasteiger partial charge in [0, 0.05) is 47.6 Å². The highest BCUT2D eigenvalue weighted by Crippen LogP contribution is 2.46. The summed E-state index contributed by atoms with van der Waals surface area (Å²) in [6, 6.07) is 9.17. The zero-order valence-electron chi connectivity index (χ0n) is 25.8. The van der Waals surface area contributed by atoms with E-state index in [9.17, 15) is 19.1 Å². The Bertz CT molecular complexity index is 1880. The third kappa shape index (κ3) is 6.10. The van der Waals surface area contributed by atoms with Crippen molar-refractivity contribution in [2.75, 3.05) is 31.2 Å². The number of amides is 1. The molecule has 46 heavy (non-hydrogen) atoms.